The van der Waals surface area contributed by atoms with Gasteiger partial charge >= 0.3 is 0 Å². The number of hydrogen-bond donors (Lipinski definition) is 1. The van der Waals surface area contributed by atoms with Crippen LogP contribution >= 0.6 is 23.2 Å². The van der Waals surface area contributed by atoms with Gasteiger partial charge in [0.05, 0.1) is 6.10 Å². The third-order valence-electron chi connectivity index (χ3n) is 3.44. The van der Waals surface area contributed by atoms with E-state index in [-0.39, 0.29) is 12.1 Å². The molecule has 1 fully saturated rings. The van der Waals surface area contributed by atoms with Gasteiger partial charge in [0.15, 0.2) is 0 Å². The van der Waals surface area contributed by atoms with Crippen LogP contribution < -0.4 is 5.73 Å². The highest BCUT2D eigenvalue weighted by Crippen LogP contribution is 2.36. The lowest BCUT2D eigenvalue weighted by molar-refractivity contribution is 0.0813. The lowest BCUT2D eigenvalue weighted by Gasteiger charge is -2.24. The summed E-state index contributed by atoms with van der Waals surface area (Å²) in [6.45, 7) is 2.91. The molecule has 94 valence electrons. The monoisotopic (exact) mass is 273 g/mol. The van der Waals surface area contributed by atoms with Crippen molar-refractivity contribution in [1.82, 2.24) is 0 Å². The Labute approximate surface area is 112 Å². The number of benzene rings is 1. The molecule has 2 nitrogen and oxygen atoms in total. The molecule has 0 spiro atoms. The first-order valence-corrected chi connectivity index (χ1v) is 6.71. The molecule has 3 atom stereocenters. The molecule has 4 heteroatoms. The summed E-state index contributed by atoms with van der Waals surface area (Å²) >= 11 is 12.2. The average molecular weight is 274 g/mol. The van der Waals surface area contributed by atoms with Gasteiger partial charge in [-0.2, -0.15) is 0 Å². The van der Waals surface area contributed by atoms with Gasteiger partial charge < -0.3 is 10.5 Å². The zero-order valence-electron chi connectivity index (χ0n) is 9.83. The summed E-state index contributed by atoms with van der Waals surface area (Å²) in [5, 5.41) is 1.36. The summed E-state index contributed by atoms with van der Waals surface area (Å²) < 4.78 is 5.67. The van der Waals surface area contributed by atoms with E-state index >= 15 is 0 Å². The number of ether oxygens (including phenoxy) is 1. The first-order valence-electron chi connectivity index (χ1n) is 5.95. The van der Waals surface area contributed by atoms with Gasteiger partial charge in [-0.05, 0) is 36.6 Å². The van der Waals surface area contributed by atoms with Gasteiger partial charge in [-0.1, -0.05) is 30.1 Å². The van der Waals surface area contributed by atoms with Crippen LogP contribution in [0.15, 0.2) is 18.2 Å². The Kier molecular flexibility index (Phi) is 4.31. The molecule has 2 N–H and O–H groups in total. The minimum atomic E-state index is -0.103. The maximum Gasteiger partial charge on any atom is 0.0619 e. The first-order chi connectivity index (χ1) is 8.13. The molecule has 17 heavy (non-hydrogen) atoms. The third-order valence-corrected chi connectivity index (χ3v) is 4.02. The Hall–Kier alpha value is -0.280. The normalized spacial score (nSPS) is 26.1. The number of nitrogens with two attached hydrogens (primary N) is 1. The minimum absolute atomic E-state index is 0.103. The summed E-state index contributed by atoms with van der Waals surface area (Å²) in [5.41, 5.74) is 7.24. The molecule has 3 unspecified atom stereocenters. The summed E-state index contributed by atoms with van der Waals surface area (Å²) in [6, 6.07) is 5.34. The molecule has 0 aliphatic carbocycles. The van der Waals surface area contributed by atoms with Crippen molar-refractivity contribution in [3.05, 3.63) is 33.8 Å². The molecular formula is C13H17Cl2NO. The van der Waals surface area contributed by atoms with Crippen molar-refractivity contribution in [3.63, 3.8) is 0 Å². The van der Waals surface area contributed by atoms with Gasteiger partial charge in [-0.15, -0.1) is 0 Å². The van der Waals surface area contributed by atoms with E-state index in [1.165, 1.54) is 0 Å². The fraction of sp³-hybridized carbons (Fsp3) is 0.538. The zero-order chi connectivity index (χ0) is 12.4. The van der Waals surface area contributed by atoms with Crippen LogP contribution in [-0.2, 0) is 4.74 Å². The van der Waals surface area contributed by atoms with Crippen molar-refractivity contribution < 1.29 is 4.74 Å². The van der Waals surface area contributed by atoms with Crippen LogP contribution in [0.4, 0.5) is 0 Å². The molecule has 0 bridgehead atoms. The van der Waals surface area contributed by atoms with Crippen LogP contribution in [0.2, 0.25) is 10.0 Å². The molecular weight excluding hydrogens is 257 g/mol. The van der Waals surface area contributed by atoms with Crippen molar-refractivity contribution in [1.29, 1.82) is 0 Å². The molecule has 1 aromatic carbocycles. The quantitative estimate of drug-likeness (QED) is 0.909. The highest BCUT2D eigenvalue weighted by molar-refractivity contribution is 6.33. The zero-order valence-corrected chi connectivity index (χ0v) is 11.3. The molecule has 0 amide bonds. The van der Waals surface area contributed by atoms with Gasteiger partial charge in [-0.3, -0.25) is 0 Å². The van der Waals surface area contributed by atoms with E-state index in [2.05, 4.69) is 6.92 Å². The van der Waals surface area contributed by atoms with Crippen molar-refractivity contribution >= 4 is 23.2 Å². The lowest BCUT2D eigenvalue weighted by atomic mass is 9.87. The van der Waals surface area contributed by atoms with Crippen molar-refractivity contribution in [2.75, 3.05) is 6.61 Å². The van der Waals surface area contributed by atoms with Crippen LogP contribution in [0.1, 0.15) is 31.4 Å². The predicted molar refractivity (Wildman–Crippen MR) is 71.5 cm³/mol. The van der Waals surface area contributed by atoms with Gasteiger partial charge in [0.25, 0.3) is 0 Å². The highest BCUT2D eigenvalue weighted by Gasteiger charge is 2.33. The molecule has 0 radical (unpaired) electrons. The summed E-state index contributed by atoms with van der Waals surface area (Å²) in [5.74, 6) is 0.330. The SMILES string of the molecule is CCC1OCCC1C(N)c1cc(Cl)ccc1Cl. The minimum Gasteiger partial charge on any atom is -0.378 e. The fourth-order valence-corrected chi connectivity index (χ4v) is 2.92. The molecule has 1 heterocycles. The number of halogens is 2. The molecule has 0 saturated carbocycles. The van der Waals surface area contributed by atoms with E-state index in [0.29, 0.717) is 16.0 Å². The van der Waals surface area contributed by atoms with E-state index in [0.717, 1.165) is 25.0 Å². The topological polar surface area (TPSA) is 35.2 Å². The van der Waals surface area contributed by atoms with Crippen LogP contribution in [0.5, 0.6) is 0 Å². The molecule has 0 aromatic heterocycles. The largest absolute Gasteiger partial charge is 0.378 e. The van der Waals surface area contributed by atoms with Crippen molar-refractivity contribution in [2.45, 2.75) is 31.9 Å². The standard InChI is InChI=1S/C13H17Cl2NO/c1-2-12-9(5-6-17-12)13(16)10-7-8(14)3-4-11(10)15/h3-4,7,9,12-13H,2,5-6,16H2,1H3. The Bertz CT molecular complexity index is 397. The first kappa shape index (κ1) is 13.2. The van der Waals surface area contributed by atoms with Gasteiger partial charge in [-0.25, -0.2) is 0 Å². The second kappa shape index (κ2) is 5.57. The summed E-state index contributed by atoms with van der Waals surface area (Å²) in [4.78, 5) is 0. The smallest absolute Gasteiger partial charge is 0.0619 e. The van der Waals surface area contributed by atoms with E-state index < -0.39 is 0 Å². The van der Waals surface area contributed by atoms with Gasteiger partial charge in [0, 0.05) is 28.6 Å². The maximum absolute atomic E-state index is 6.31. The Morgan fingerprint density at radius 2 is 2.24 bits per heavy atom. The number of hydrogen-bond acceptors (Lipinski definition) is 2. The Morgan fingerprint density at radius 1 is 1.47 bits per heavy atom. The van der Waals surface area contributed by atoms with E-state index in [1.807, 2.05) is 6.07 Å². The Morgan fingerprint density at radius 3 is 2.94 bits per heavy atom. The molecule has 1 aliphatic rings. The van der Waals surface area contributed by atoms with Crippen LogP contribution in [-0.4, -0.2) is 12.7 Å². The third kappa shape index (κ3) is 2.76. The molecule has 1 saturated heterocycles. The number of rotatable bonds is 3. The summed E-state index contributed by atoms with van der Waals surface area (Å²) in [6.07, 6.45) is 2.21. The van der Waals surface area contributed by atoms with Gasteiger partial charge in [0.1, 0.15) is 0 Å². The fourth-order valence-electron chi connectivity index (χ4n) is 2.50. The predicted octanol–water partition coefficient (Wildman–Crippen LogP) is 3.81. The lowest BCUT2D eigenvalue weighted by Crippen LogP contribution is -2.28. The van der Waals surface area contributed by atoms with E-state index in [1.54, 1.807) is 12.1 Å². The van der Waals surface area contributed by atoms with Gasteiger partial charge in [0.2, 0.25) is 0 Å². The van der Waals surface area contributed by atoms with Crippen LogP contribution in [0.25, 0.3) is 0 Å². The van der Waals surface area contributed by atoms with Crippen LogP contribution in [0, 0.1) is 5.92 Å². The van der Waals surface area contributed by atoms with Crippen molar-refractivity contribution in [2.24, 2.45) is 11.7 Å². The summed E-state index contributed by atoms with van der Waals surface area (Å²) in [7, 11) is 0. The second-order valence-corrected chi connectivity index (χ2v) is 5.31. The van der Waals surface area contributed by atoms with Crippen molar-refractivity contribution in [3.8, 4) is 0 Å². The Balaban J connectivity index is 2.24. The molecule has 1 aliphatic heterocycles. The molecule has 2 rings (SSSR count). The highest BCUT2D eigenvalue weighted by atomic mass is 35.5. The average Bonchev–Trinajstić information content (AvgIpc) is 2.79. The second-order valence-electron chi connectivity index (χ2n) is 4.46. The van der Waals surface area contributed by atoms with Crippen LogP contribution in [0.3, 0.4) is 0 Å². The van der Waals surface area contributed by atoms with E-state index in [4.69, 9.17) is 33.7 Å². The maximum atomic E-state index is 6.31. The molecule has 1 aromatic rings. The van der Waals surface area contributed by atoms with E-state index in [9.17, 15) is 0 Å².